The zero-order valence-corrected chi connectivity index (χ0v) is 26.7. The molecule has 1 aliphatic heterocycles. The molecule has 2 aromatic carbocycles. The van der Waals surface area contributed by atoms with Crippen LogP contribution in [0, 0.1) is 0 Å². The van der Waals surface area contributed by atoms with Gasteiger partial charge in [0, 0.05) is 43.6 Å². The predicted molar refractivity (Wildman–Crippen MR) is 174 cm³/mol. The molecule has 6 rings (SSSR count). The Hall–Kier alpha value is -4.75. The molecule has 1 N–H and O–H groups in total. The normalized spacial score (nSPS) is 12.1. The molecule has 1 amide bonds. The van der Waals surface area contributed by atoms with Gasteiger partial charge in [0.25, 0.3) is 11.1 Å². The van der Waals surface area contributed by atoms with Crippen LogP contribution in [0.2, 0.25) is 5.02 Å². The van der Waals surface area contributed by atoms with Gasteiger partial charge < -0.3 is 24.3 Å². The lowest BCUT2D eigenvalue weighted by Crippen LogP contribution is -2.27. The third kappa shape index (κ3) is 6.75. The molecule has 0 spiro atoms. The molecule has 0 saturated carbocycles. The van der Waals surface area contributed by atoms with Crippen molar-refractivity contribution < 1.29 is 23.7 Å². The van der Waals surface area contributed by atoms with E-state index in [1.807, 2.05) is 18.2 Å². The Morgan fingerprint density at radius 3 is 2.63 bits per heavy atom. The molecule has 238 valence electrons. The van der Waals surface area contributed by atoms with Crippen LogP contribution in [0.5, 0.6) is 23.0 Å². The fraction of sp³-hybridized carbons (Fsp3) is 0.281. The number of ether oxygens (including phenoxy) is 4. The maximum absolute atomic E-state index is 13.7. The average molecular weight is 664 g/mol. The lowest BCUT2D eigenvalue weighted by molar-refractivity contribution is -0.121. The molecular formula is C32H30ClN5O7S. The van der Waals surface area contributed by atoms with Crippen molar-refractivity contribution in [1.82, 2.24) is 24.3 Å². The summed E-state index contributed by atoms with van der Waals surface area (Å²) in [5.74, 6) is 2.43. The molecule has 0 bridgehead atoms. The largest absolute Gasteiger partial charge is 0.493 e. The van der Waals surface area contributed by atoms with E-state index in [0.29, 0.717) is 74.8 Å². The highest BCUT2D eigenvalue weighted by Gasteiger charge is 2.20. The van der Waals surface area contributed by atoms with Crippen molar-refractivity contribution in [2.45, 2.75) is 36.7 Å². The number of carbonyl (C=O) groups excluding carboxylic acids is 1. The Morgan fingerprint density at radius 2 is 1.83 bits per heavy atom. The van der Waals surface area contributed by atoms with E-state index in [0.717, 1.165) is 5.56 Å². The summed E-state index contributed by atoms with van der Waals surface area (Å²) < 4.78 is 24.5. The first-order valence-corrected chi connectivity index (χ1v) is 15.8. The molecule has 4 heterocycles. The molecule has 5 aromatic rings. The van der Waals surface area contributed by atoms with E-state index in [1.165, 1.54) is 28.4 Å². The molecule has 0 atom stereocenters. The quantitative estimate of drug-likeness (QED) is 0.153. The number of hydrogen-bond acceptors (Lipinski definition) is 10. The van der Waals surface area contributed by atoms with Crippen molar-refractivity contribution in [3.05, 3.63) is 91.7 Å². The van der Waals surface area contributed by atoms with Crippen LogP contribution >= 0.6 is 23.4 Å². The Bertz CT molecular complexity index is 2070. The summed E-state index contributed by atoms with van der Waals surface area (Å²) >= 11 is 7.32. The second-order valence-electron chi connectivity index (χ2n) is 10.4. The number of amides is 1. The van der Waals surface area contributed by atoms with Gasteiger partial charge in [-0.15, -0.1) is 0 Å². The van der Waals surface area contributed by atoms with E-state index >= 15 is 0 Å². The van der Waals surface area contributed by atoms with Gasteiger partial charge in [0.15, 0.2) is 28.2 Å². The number of pyridine rings is 1. The monoisotopic (exact) mass is 663 g/mol. The van der Waals surface area contributed by atoms with Gasteiger partial charge in [-0.3, -0.25) is 23.4 Å². The van der Waals surface area contributed by atoms with Crippen molar-refractivity contribution in [2.75, 3.05) is 27.6 Å². The van der Waals surface area contributed by atoms with Crippen LogP contribution in [0.4, 0.5) is 0 Å². The van der Waals surface area contributed by atoms with Gasteiger partial charge in [0.1, 0.15) is 5.65 Å². The summed E-state index contributed by atoms with van der Waals surface area (Å²) in [6.07, 6.45) is 2.76. The molecule has 0 aliphatic carbocycles. The van der Waals surface area contributed by atoms with E-state index in [-0.39, 0.29) is 42.5 Å². The van der Waals surface area contributed by atoms with Crippen LogP contribution in [-0.2, 0) is 23.5 Å². The zero-order chi connectivity index (χ0) is 32.2. The van der Waals surface area contributed by atoms with Crippen LogP contribution in [0.15, 0.2) is 69.5 Å². The Morgan fingerprint density at radius 1 is 1.02 bits per heavy atom. The lowest BCUT2D eigenvalue weighted by atomic mass is 10.1. The number of nitrogens with zero attached hydrogens (tertiary/aromatic N) is 4. The van der Waals surface area contributed by atoms with Crippen LogP contribution < -0.4 is 35.4 Å². The van der Waals surface area contributed by atoms with Crippen LogP contribution in [0.1, 0.15) is 24.1 Å². The summed E-state index contributed by atoms with van der Waals surface area (Å²) in [5.41, 5.74) is 1.92. The molecule has 0 fully saturated rings. The summed E-state index contributed by atoms with van der Waals surface area (Å²) in [6, 6.07) is 13.7. The number of nitrogens with one attached hydrogen (secondary N) is 1. The van der Waals surface area contributed by atoms with Crippen molar-refractivity contribution >= 4 is 45.8 Å². The highest BCUT2D eigenvalue weighted by Crippen LogP contribution is 2.35. The van der Waals surface area contributed by atoms with Crippen molar-refractivity contribution in [1.29, 1.82) is 0 Å². The molecule has 46 heavy (non-hydrogen) atoms. The summed E-state index contributed by atoms with van der Waals surface area (Å²) in [6.45, 7) is 0.774. The molecule has 12 nitrogen and oxygen atoms in total. The smallest absolute Gasteiger partial charge is 0.262 e. The van der Waals surface area contributed by atoms with Gasteiger partial charge in [-0.25, -0.2) is 9.97 Å². The van der Waals surface area contributed by atoms with E-state index in [9.17, 15) is 14.4 Å². The molecule has 3 aromatic heterocycles. The maximum atomic E-state index is 13.7. The highest BCUT2D eigenvalue weighted by atomic mass is 35.5. The third-order valence-electron chi connectivity index (χ3n) is 7.41. The SMILES string of the molecule is COc1ccc(CCNC(=O)CCCn2c(SCc3cc(=O)n4cc(Cl)ccc4n3)nc3cc4c(cc3c2=O)OCO4)cc1OC. The third-order valence-corrected chi connectivity index (χ3v) is 8.64. The van der Waals surface area contributed by atoms with Crippen molar-refractivity contribution in [3.8, 4) is 23.0 Å². The molecule has 0 radical (unpaired) electrons. The summed E-state index contributed by atoms with van der Waals surface area (Å²) in [4.78, 5) is 48.5. The Labute approximate surface area is 272 Å². The average Bonchev–Trinajstić information content (AvgIpc) is 3.52. The van der Waals surface area contributed by atoms with E-state index < -0.39 is 0 Å². The number of methoxy groups -OCH3 is 2. The molecule has 14 heteroatoms. The molecule has 1 aliphatic rings. The predicted octanol–water partition coefficient (Wildman–Crippen LogP) is 4.24. The van der Waals surface area contributed by atoms with E-state index in [4.69, 9.17) is 35.5 Å². The van der Waals surface area contributed by atoms with Gasteiger partial charge in [0.05, 0.1) is 35.8 Å². The maximum Gasteiger partial charge on any atom is 0.262 e. The zero-order valence-electron chi connectivity index (χ0n) is 25.1. The first-order chi connectivity index (χ1) is 22.3. The number of aromatic nitrogens is 4. The fourth-order valence-corrected chi connectivity index (χ4v) is 6.18. The topological polar surface area (TPSA) is 135 Å². The van der Waals surface area contributed by atoms with E-state index in [2.05, 4.69) is 10.3 Å². The number of rotatable bonds is 12. The summed E-state index contributed by atoms with van der Waals surface area (Å²) in [5, 5.41) is 4.18. The van der Waals surface area contributed by atoms with Gasteiger partial charge in [0.2, 0.25) is 12.7 Å². The number of thioether (sulfide) groups is 1. The number of halogens is 1. The second kappa shape index (κ2) is 13.7. The first kappa shape index (κ1) is 31.2. The molecule has 0 saturated heterocycles. The van der Waals surface area contributed by atoms with Crippen molar-refractivity contribution in [2.24, 2.45) is 0 Å². The molecular weight excluding hydrogens is 634 g/mol. The second-order valence-corrected chi connectivity index (χ2v) is 11.8. The number of fused-ring (bicyclic) bond motifs is 3. The minimum Gasteiger partial charge on any atom is -0.493 e. The van der Waals surface area contributed by atoms with Crippen LogP contribution in [0.25, 0.3) is 16.6 Å². The van der Waals surface area contributed by atoms with Crippen LogP contribution in [-0.4, -0.2) is 52.4 Å². The minimum atomic E-state index is -0.267. The fourth-order valence-electron chi connectivity index (χ4n) is 5.11. The standard InChI is InChI=1S/C32H30ClN5O7S/c1-42-24-7-5-19(12-25(24)43-2)9-10-34-29(39)4-3-11-37-31(41)22-14-26-27(45-18-44-26)15-23(22)36-32(37)46-17-21-13-30(40)38-16-20(33)6-8-28(38)35-21/h5-8,12-16H,3-4,9-11,17-18H2,1-2H3,(H,34,39). The van der Waals surface area contributed by atoms with Gasteiger partial charge >= 0.3 is 0 Å². The van der Waals surface area contributed by atoms with Crippen LogP contribution in [0.3, 0.4) is 0 Å². The number of carbonyl (C=O) groups is 1. The Kier molecular flexibility index (Phi) is 9.31. The first-order valence-electron chi connectivity index (χ1n) is 14.5. The van der Waals surface area contributed by atoms with Gasteiger partial charge in [-0.2, -0.15) is 0 Å². The number of hydrogen-bond donors (Lipinski definition) is 1. The molecule has 0 unspecified atom stereocenters. The number of benzene rings is 2. The highest BCUT2D eigenvalue weighted by molar-refractivity contribution is 7.98. The van der Waals surface area contributed by atoms with Gasteiger partial charge in [-0.1, -0.05) is 29.4 Å². The van der Waals surface area contributed by atoms with E-state index in [1.54, 1.807) is 43.1 Å². The summed E-state index contributed by atoms with van der Waals surface area (Å²) in [7, 11) is 3.16. The van der Waals surface area contributed by atoms with Gasteiger partial charge in [-0.05, 0) is 48.7 Å². The van der Waals surface area contributed by atoms with Crippen molar-refractivity contribution in [3.63, 3.8) is 0 Å². The lowest BCUT2D eigenvalue weighted by Gasteiger charge is -2.14. The minimum absolute atomic E-state index is 0.0664. The Balaban J connectivity index is 1.16.